The van der Waals surface area contributed by atoms with Gasteiger partial charge in [0.05, 0.1) is 0 Å². The summed E-state index contributed by atoms with van der Waals surface area (Å²) < 4.78 is 114. The van der Waals surface area contributed by atoms with Gasteiger partial charge in [-0.05, 0) is 268 Å². The molecule has 0 amide bonds. The molecule has 0 radical (unpaired) electrons. The third-order valence-electron chi connectivity index (χ3n) is 15.0. The molecule has 0 saturated carbocycles. The summed E-state index contributed by atoms with van der Waals surface area (Å²) in [7, 11) is 8.17. The van der Waals surface area contributed by atoms with Gasteiger partial charge in [-0.2, -0.15) is 0 Å². The van der Waals surface area contributed by atoms with Crippen LogP contribution in [0.4, 0.5) is 0 Å². The minimum atomic E-state index is -2.23. The molecule has 10 aromatic rings. The predicted molar refractivity (Wildman–Crippen MR) is 461 cm³/mol. The molecule has 524 valence electrons. The fourth-order valence-corrected chi connectivity index (χ4v) is 9.84. The van der Waals surface area contributed by atoms with Crippen LogP contribution in [0.15, 0.2) is 188 Å². The number of hydrogen-bond acceptors (Lipinski definition) is 0. The predicted octanol–water partition coefficient (Wildman–Crippen LogP) is 21.6. The molecule has 10 aromatic carbocycles. The number of hydrogen-bond donors (Lipinski definition) is 0. The molecule has 0 atom stereocenters. The van der Waals surface area contributed by atoms with E-state index in [1.54, 1.807) is 131 Å². The summed E-state index contributed by atoms with van der Waals surface area (Å²) in [5.74, 6) is 60.2. The van der Waals surface area contributed by atoms with Crippen LogP contribution in [-0.2, 0) is 0 Å². The summed E-state index contributed by atoms with van der Waals surface area (Å²) >= 11 is 0. The van der Waals surface area contributed by atoms with Gasteiger partial charge in [-0.1, -0.05) is 180 Å². The van der Waals surface area contributed by atoms with Crippen molar-refractivity contribution in [2.45, 2.75) is 96.6 Å². The highest BCUT2D eigenvalue weighted by molar-refractivity contribution is 5.63. The minimum absolute atomic E-state index is 0.184. The molecule has 5 heteroatoms. The standard InChI is InChI=1S/4C21H18N.C20H16N/c1-5-8-19-13-16(2)17(3)14-20(19)12-11-18-9-6-7-10-21(18)15-22-4;1-5-8-18-9-6-7-10-19(18)11-12-20-13-16(2)17(3)14-21(20)15-22-4;1-5-6-20-13-16(2)7-9-18(20)11-12-19-10-8-17(3)14-21(19)15-22-4;1-5-6-18-9-7-16(2)13-19(18)11-12-20-14-17(3)8-10-21(20)15-22-4;1-4-7-17-8-5-6-9-18(17)12-13-19-14-16(2)10-11-20(19)15-21-3/h2*6-7,9-10,13-14H,1-4H3;2*7-10,13-14H,1-4H3;5-6,8-11,14H,1-3H3/q5*+1/i2D3;3D3;2D3,3D3;2D3;. The van der Waals surface area contributed by atoms with Gasteiger partial charge in [-0.25, -0.2) is 0 Å². The Balaban J connectivity index is 0.000000240. The first-order valence-electron chi connectivity index (χ1n) is 41.6. The maximum atomic E-state index is 7.65. The Morgan fingerprint density at radius 3 is 0.743 bits per heavy atom. The highest BCUT2D eigenvalue weighted by Crippen LogP contribution is 2.20. The Kier molecular flexibility index (Phi) is 25.7. The van der Waals surface area contributed by atoms with Crippen LogP contribution in [0.25, 0.3) is 24.2 Å². The van der Waals surface area contributed by atoms with Crippen LogP contribution < -0.4 is 0 Å². The van der Waals surface area contributed by atoms with E-state index in [4.69, 9.17) is 20.6 Å². The van der Waals surface area contributed by atoms with E-state index in [9.17, 15) is 0 Å². The molecular formula is C104H88N5+5. The number of rotatable bonds is 0. The van der Waals surface area contributed by atoms with Gasteiger partial charge in [0.1, 0.15) is 27.8 Å². The second-order valence-corrected chi connectivity index (χ2v) is 23.2. The molecule has 5 nitrogen and oxygen atoms in total. The minimum Gasteiger partial charge on any atom is -0.101 e. The summed E-state index contributed by atoms with van der Waals surface area (Å²) in [5, 5.41) is 0. The van der Waals surface area contributed by atoms with Crippen LogP contribution in [-0.4, -0.2) is 35.2 Å². The first-order chi connectivity index (χ1) is 58.9. The van der Waals surface area contributed by atoms with Gasteiger partial charge >= 0.3 is 30.3 Å². The molecule has 0 heterocycles. The zero-order valence-corrected chi connectivity index (χ0v) is 63.6. The molecule has 0 aliphatic carbocycles. The lowest BCUT2D eigenvalue weighted by Gasteiger charge is -2.03. The van der Waals surface area contributed by atoms with Crippen LogP contribution >= 0.6 is 0 Å². The lowest BCUT2D eigenvalue weighted by atomic mass is 9.99. The zero-order valence-electron chi connectivity index (χ0n) is 78.6. The summed E-state index contributed by atoms with van der Waals surface area (Å²) in [5.41, 5.74) is 19.5. The van der Waals surface area contributed by atoms with E-state index in [0.717, 1.165) is 61.2 Å². The quantitative estimate of drug-likeness (QED) is 0.135. The van der Waals surface area contributed by atoms with Crippen molar-refractivity contribution in [2.24, 2.45) is 0 Å². The average Bonchev–Trinajstić information content (AvgIpc) is 0.807. The molecule has 0 bridgehead atoms. The summed E-state index contributed by atoms with van der Waals surface area (Å²) in [4.78, 5) is 19.5. The van der Waals surface area contributed by atoms with E-state index in [0.29, 0.717) is 77.9 Å². The number of aryl methyl sites for hydroxylation is 9. The topological polar surface area (TPSA) is 21.8 Å². The first kappa shape index (κ1) is 62.8. The first-order valence-corrected chi connectivity index (χ1v) is 34.1. The Labute approximate surface area is 671 Å². The molecule has 0 saturated heterocycles. The van der Waals surface area contributed by atoms with Crippen molar-refractivity contribution in [3.8, 4) is 149 Å². The van der Waals surface area contributed by atoms with Gasteiger partial charge in [0.25, 0.3) is 35.2 Å². The molecule has 0 unspecified atom stereocenters. The monoisotopic (exact) mass is 1420 g/mol. The van der Waals surface area contributed by atoms with E-state index in [-0.39, 0.29) is 16.7 Å². The van der Waals surface area contributed by atoms with Crippen LogP contribution in [0.2, 0.25) is 0 Å². The van der Waals surface area contributed by atoms with Crippen molar-refractivity contribution >= 4 is 0 Å². The normalized spacial score (nSPS) is 11.3. The van der Waals surface area contributed by atoms with Crippen molar-refractivity contribution in [3.05, 3.63) is 374 Å². The molecule has 10 rings (SSSR count). The Bertz CT molecular complexity index is 6510. The Hall–Kier alpha value is -14.8. The molecular weight excluding hydrogens is 1320 g/mol. The van der Waals surface area contributed by atoms with Gasteiger partial charge in [0, 0.05) is 104 Å². The molecule has 0 aliphatic rings. The van der Waals surface area contributed by atoms with Gasteiger partial charge in [0.2, 0.25) is 0 Å². The van der Waals surface area contributed by atoms with Crippen molar-refractivity contribution in [1.82, 2.24) is 0 Å². The zero-order chi connectivity index (χ0) is 91.4. The summed E-state index contributed by atoms with van der Waals surface area (Å²) in [6.45, 7) is 5.35. The summed E-state index contributed by atoms with van der Waals surface area (Å²) in [6, 6.07) is 70.4. The number of benzene rings is 10. The molecule has 0 N–H and O–H groups in total. The Morgan fingerprint density at radius 1 is 0.193 bits per heavy atom. The van der Waals surface area contributed by atoms with Gasteiger partial charge in [-0.15, -0.1) is 29.6 Å². The van der Waals surface area contributed by atoms with E-state index in [1.807, 2.05) is 117 Å². The highest BCUT2D eigenvalue weighted by atomic mass is 14.6. The maximum Gasteiger partial charge on any atom is 0.311 e. The van der Waals surface area contributed by atoms with Crippen LogP contribution in [0, 0.1) is 211 Å². The van der Waals surface area contributed by atoms with Crippen LogP contribution in [0.5, 0.6) is 0 Å². The van der Waals surface area contributed by atoms with E-state index < -0.39 is 34.3 Å². The molecule has 0 aliphatic heterocycles. The molecule has 0 spiro atoms. The van der Waals surface area contributed by atoms with Gasteiger partial charge < -0.3 is 0 Å². The van der Waals surface area contributed by atoms with Crippen molar-refractivity contribution in [2.75, 3.05) is 35.2 Å². The molecule has 0 aromatic heterocycles. The second-order valence-electron chi connectivity index (χ2n) is 23.2. The van der Waals surface area contributed by atoms with Crippen molar-refractivity contribution in [1.29, 1.82) is 0 Å². The van der Waals surface area contributed by atoms with Gasteiger partial charge in [-0.3, -0.25) is 0 Å². The largest absolute Gasteiger partial charge is 0.311 e. The average molecular weight is 1420 g/mol. The number of nitrogens with zero attached hydrogens (tertiary/aromatic N) is 5. The smallest absolute Gasteiger partial charge is 0.101 e. The third kappa shape index (κ3) is 26.8. The van der Waals surface area contributed by atoms with Crippen LogP contribution in [0.3, 0.4) is 0 Å². The SMILES string of the molecule is CC#Cc1ccccc1C#Cc1cc(C)ccc1C#[N+]C.[2H]C([2H])([2H])c1cc(C#CC)c(C#Cc2ccccc2C#[N+]C)cc1C.[2H]C([2H])([2H])c1cc(C#[N+]C)c(C#Cc2ccccc2C#CC)cc1C.[2H]C([2H])([2H])c1ccc(C#CC)c(C#Cc2cc(C)ccc2C#[N+]C)c1.[2H]C([2H])([2H])c1ccc(C#Cc2ccc(C([2H])([2H])[2H])cc2C#[N+]C)c(C#CC)c1. The fourth-order valence-electron chi connectivity index (χ4n) is 9.84. The summed E-state index contributed by atoms with van der Waals surface area (Å²) in [6.07, 6.45) is 0. The lowest BCUT2D eigenvalue weighted by Crippen LogP contribution is -1.90. The van der Waals surface area contributed by atoms with Crippen molar-refractivity contribution < 1.29 is 20.6 Å². The van der Waals surface area contributed by atoms with Crippen molar-refractivity contribution in [3.63, 3.8) is 0 Å². The second kappa shape index (κ2) is 44.7. The lowest BCUT2D eigenvalue weighted by molar-refractivity contribution is 1.32. The molecule has 109 heavy (non-hydrogen) atoms. The molecule has 0 fully saturated rings. The highest BCUT2D eigenvalue weighted by Gasteiger charge is 2.10. The fraction of sp³-hybridized carbons (Fsp3) is 0.183. The third-order valence-corrected chi connectivity index (χ3v) is 15.0. The van der Waals surface area contributed by atoms with E-state index >= 15 is 0 Å². The van der Waals surface area contributed by atoms with Crippen LogP contribution in [0.1, 0.15) is 217 Å². The Morgan fingerprint density at radius 2 is 0.385 bits per heavy atom. The maximum absolute atomic E-state index is 7.65. The van der Waals surface area contributed by atoms with Gasteiger partial charge in [0.15, 0.2) is 0 Å². The van der Waals surface area contributed by atoms with E-state index in [1.165, 1.54) is 29.8 Å². The van der Waals surface area contributed by atoms with E-state index in [2.05, 4.69) is 186 Å².